The molecule has 2 aromatic carbocycles. The van der Waals surface area contributed by atoms with Gasteiger partial charge in [0, 0.05) is 5.39 Å². The Kier molecular flexibility index (Phi) is 5.61. The first-order valence-corrected chi connectivity index (χ1v) is 10.4. The first-order chi connectivity index (χ1) is 15.3. The molecule has 4 rings (SSSR count). The fourth-order valence-corrected chi connectivity index (χ4v) is 3.57. The Morgan fingerprint density at radius 3 is 2.56 bits per heavy atom. The number of nitrogens with zero attached hydrogens (tertiary/aromatic N) is 4. The molecule has 2 heterocycles. The Labute approximate surface area is 184 Å². The Balaban J connectivity index is 1.80. The molecule has 0 aliphatic heterocycles. The zero-order valence-electron chi connectivity index (χ0n) is 18.4. The van der Waals surface area contributed by atoms with Crippen LogP contribution in [-0.4, -0.2) is 25.5 Å². The fourth-order valence-electron chi connectivity index (χ4n) is 3.57. The van der Waals surface area contributed by atoms with Crippen molar-refractivity contribution in [1.82, 2.24) is 19.6 Å². The summed E-state index contributed by atoms with van der Waals surface area (Å²) in [6, 6.07) is 11.7. The van der Waals surface area contributed by atoms with E-state index in [1.54, 1.807) is 16.9 Å². The third-order valence-electron chi connectivity index (χ3n) is 5.43. The predicted octanol–water partition coefficient (Wildman–Crippen LogP) is 4.10. The zero-order chi connectivity index (χ0) is 23.0. The fraction of sp³-hybridized carbons (Fsp3) is 0.250. The van der Waals surface area contributed by atoms with Gasteiger partial charge < -0.3 is 5.32 Å². The highest BCUT2D eigenvalue weighted by Gasteiger charge is 2.20. The lowest BCUT2D eigenvalue weighted by atomic mass is 10.1. The first kappa shape index (κ1) is 21.4. The number of anilines is 1. The molecule has 164 valence electrons. The van der Waals surface area contributed by atoms with Crippen LogP contribution < -0.4 is 10.9 Å². The summed E-state index contributed by atoms with van der Waals surface area (Å²) < 4.78 is 16.6. The van der Waals surface area contributed by atoms with Gasteiger partial charge in [0.05, 0.1) is 23.3 Å². The standard InChI is InChI=1S/C24H24FN5O2/c1-14(2)22-18-12-26-30(17-10-9-15(3)16(4)11-17)23(18)24(32)29(28-22)13-21(31)27-20-8-6-5-7-19(20)25/h5-12,14H,13H2,1-4H3,(H,27,31). The van der Waals surface area contributed by atoms with Crippen LogP contribution >= 0.6 is 0 Å². The van der Waals surface area contributed by atoms with E-state index in [0.717, 1.165) is 21.5 Å². The summed E-state index contributed by atoms with van der Waals surface area (Å²) in [7, 11) is 0. The van der Waals surface area contributed by atoms with Crippen LogP contribution in [0.1, 0.15) is 36.6 Å². The average molecular weight is 433 g/mol. The molecule has 0 saturated carbocycles. The van der Waals surface area contributed by atoms with Gasteiger partial charge in [-0.15, -0.1) is 0 Å². The van der Waals surface area contributed by atoms with Gasteiger partial charge in [0.15, 0.2) is 0 Å². The molecule has 8 heteroatoms. The quantitative estimate of drug-likeness (QED) is 0.514. The molecule has 0 aliphatic rings. The molecule has 0 spiro atoms. The molecule has 7 nitrogen and oxygen atoms in total. The Bertz CT molecular complexity index is 1390. The van der Waals surface area contributed by atoms with Crippen molar-refractivity contribution in [1.29, 1.82) is 0 Å². The number of hydrogen-bond acceptors (Lipinski definition) is 4. The van der Waals surface area contributed by atoms with Crippen molar-refractivity contribution in [3.8, 4) is 5.69 Å². The molecule has 0 radical (unpaired) electrons. The van der Waals surface area contributed by atoms with Gasteiger partial charge in [0.2, 0.25) is 5.91 Å². The summed E-state index contributed by atoms with van der Waals surface area (Å²) in [5, 5.41) is 12.0. The average Bonchev–Trinajstić information content (AvgIpc) is 3.19. The van der Waals surface area contributed by atoms with Gasteiger partial charge >= 0.3 is 0 Å². The number of hydrogen-bond donors (Lipinski definition) is 1. The topological polar surface area (TPSA) is 81.8 Å². The maximum absolute atomic E-state index is 13.9. The summed E-state index contributed by atoms with van der Waals surface area (Å²) in [6.45, 7) is 7.59. The lowest BCUT2D eigenvalue weighted by Crippen LogP contribution is -2.31. The van der Waals surface area contributed by atoms with Gasteiger partial charge in [0.1, 0.15) is 17.9 Å². The maximum atomic E-state index is 13.9. The van der Waals surface area contributed by atoms with Crippen LogP contribution in [0.25, 0.3) is 16.6 Å². The number of aromatic nitrogens is 4. The van der Waals surface area contributed by atoms with Gasteiger partial charge in [0.25, 0.3) is 5.56 Å². The number of para-hydroxylation sites is 1. The van der Waals surface area contributed by atoms with E-state index < -0.39 is 17.3 Å². The number of benzene rings is 2. The molecule has 1 amide bonds. The van der Waals surface area contributed by atoms with Crippen LogP contribution in [-0.2, 0) is 11.3 Å². The van der Waals surface area contributed by atoms with Gasteiger partial charge in [-0.3, -0.25) is 9.59 Å². The number of fused-ring (bicyclic) bond motifs is 1. The minimum absolute atomic E-state index is 0.00335. The van der Waals surface area contributed by atoms with Crippen LogP contribution in [0.2, 0.25) is 0 Å². The number of halogens is 1. The van der Waals surface area contributed by atoms with E-state index in [1.165, 1.54) is 18.2 Å². The smallest absolute Gasteiger partial charge is 0.293 e. The highest BCUT2D eigenvalue weighted by Crippen LogP contribution is 2.24. The Hall–Kier alpha value is -3.81. The summed E-state index contributed by atoms with van der Waals surface area (Å²) in [6.07, 6.45) is 1.64. The van der Waals surface area contributed by atoms with Gasteiger partial charge in [-0.25, -0.2) is 13.8 Å². The van der Waals surface area contributed by atoms with Crippen molar-refractivity contribution < 1.29 is 9.18 Å². The first-order valence-electron chi connectivity index (χ1n) is 10.4. The van der Waals surface area contributed by atoms with Gasteiger partial charge in [-0.05, 0) is 55.2 Å². The second-order valence-electron chi connectivity index (χ2n) is 8.12. The number of rotatable bonds is 5. The van der Waals surface area contributed by atoms with Crippen molar-refractivity contribution >= 4 is 22.5 Å². The van der Waals surface area contributed by atoms with Gasteiger partial charge in [-0.2, -0.15) is 10.2 Å². The van der Waals surface area contributed by atoms with Crippen molar-refractivity contribution in [2.75, 3.05) is 5.32 Å². The third-order valence-corrected chi connectivity index (χ3v) is 5.43. The minimum Gasteiger partial charge on any atom is -0.322 e. The van der Waals surface area contributed by atoms with Crippen molar-refractivity contribution in [2.24, 2.45) is 0 Å². The molecule has 0 atom stereocenters. The molecular formula is C24H24FN5O2. The number of aryl methyl sites for hydroxylation is 2. The Morgan fingerprint density at radius 2 is 1.88 bits per heavy atom. The van der Waals surface area contributed by atoms with E-state index in [-0.39, 0.29) is 18.2 Å². The third kappa shape index (κ3) is 3.91. The summed E-state index contributed by atoms with van der Waals surface area (Å²) in [5.74, 6) is -1.10. The molecule has 0 fully saturated rings. The molecule has 0 unspecified atom stereocenters. The monoisotopic (exact) mass is 433 g/mol. The predicted molar refractivity (Wildman–Crippen MR) is 122 cm³/mol. The SMILES string of the molecule is Cc1ccc(-n2ncc3c(C(C)C)nn(CC(=O)Nc4ccccc4F)c(=O)c32)cc1C. The van der Waals surface area contributed by atoms with Gasteiger partial charge in [-0.1, -0.05) is 32.0 Å². The second kappa shape index (κ2) is 8.37. The van der Waals surface area contributed by atoms with Crippen molar-refractivity contribution in [2.45, 2.75) is 40.2 Å². The highest BCUT2D eigenvalue weighted by molar-refractivity contribution is 5.91. The number of carbonyl (C=O) groups is 1. The second-order valence-corrected chi connectivity index (χ2v) is 8.12. The molecule has 0 aliphatic carbocycles. The van der Waals surface area contributed by atoms with Crippen molar-refractivity contribution in [3.05, 3.63) is 81.7 Å². The van der Waals surface area contributed by atoms with E-state index in [2.05, 4.69) is 15.5 Å². The Morgan fingerprint density at radius 1 is 1.12 bits per heavy atom. The van der Waals surface area contributed by atoms with E-state index in [4.69, 9.17) is 0 Å². The van der Waals surface area contributed by atoms with Crippen LogP contribution in [0.4, 0.5) is 10.1 Å². The molecule has 1 N–H and O–H groups in total. The lowest BCUT2D eigenvalue weighted by molar-refractivity contribution is -0.117. The molecule has 0 bridgehead atoms. The number of amides is 1. The summed E-state index contributed by atoms with van der Waals surface area (Å²) in [4.78, 5) is 25.9. The maximum Gasteiger partial charge on any atom is 0.293 e. The largest absolute Gasteiger partial charge is 0.322 e. The van der Waals surface area contributed by atoms with Crippen LogP contribution in [0, 0.1) is 19.7 Å². The minimum atomic E-state index is -0.549. The zero-order valence-corrected chi connectivity index (χ0v) is 18.4. The summed E-state index contributed by atoms with van der Waals surface area (Å²) >= 11 is 0. The van der Waals surface area contributed by atoms with Crippen molar-refractivity contribution in [3.63, 3.8) is 0 Å². The van der Waals surface area contributed by atoms with E-state index >= 15 is 0 Å². The molecule has 32 heavy (non-hydrogen) atoms. The molecule has 2 aromatic heterocycles. The molecular weight excluding hydrogens is 409 g/mol. The number of nitrogens with one attached hydrogen (secondary N) is 1. The molecule has 4 aromatic rings. The number of carbonyl (C=O) groups excluding carboxylic acids is 1. The van der Waals surface area contributed by atoms with Crippen LogP contribution in [0.5, 0.6) is 0 Å². The van der Waals surface area contributed by atoms with E-state index in [1.807, 2.05) is 45.9 Å². The lowest BCUT2D eigenvalue weighted by Gasteiger charge is -2.13. The van der Waals surface area contributed by atoms with Crippen LogP contribution in [0.3, 0.4) is 0 Å². The van der Waals surface area contributed by atoms with E-state index in [9.17, 15) is 14.0 Å². The highest BCUT2D eigenvalue weighted by atomic mass is 19.1. The molecule has 0 saturated heterocycles. The normalized spacial score (nSPS) is 11.3. The summed E-state index contributed by atoms with van der Waals surface area (Å²) in [5.41, 5.74) is 3.59. The van der Waals surface area contributed by atoms with Crippen LogP contribution in [0.15, 0.2) is 53.5 Å². The van der Waals surface area contributed by atoms with E-state index in [0.29, 0.717) is 16.6 Å².